The highest BCUT2D eigenvalue weighted by molar-refractivity contribution is 7.81. The molecular formula is C12H18OS. The molecule has 0 fully saturated rings. The molecular weight excluding hydrogens is 192 g/mol. The monoisotopic (exact) mass is 210 g/mol. The Bertz CT molecular complexity index is 337. The number of hydrogen-bond donors (Lipinski definition) is 1. The highest BCUT2D eigenvalue weighted by Gasteiger charge is 2.19. The van der Waals surface area contributed by atoms with Crippen molar-refractivity contribution in [1.29, 1.82) is 0 Å². The van der Waals surface area contributed by atoms with Gasteiger partial charge in [-0.2, -0.15) is 12.6 Å². The maximum absolute atomic E-state index is 5.27. The van der Waals surface area contributed by atoms with E-state index in [0.717, 1.165) is 5.75 Å². The van der Waals surface area contributed by atoms with Crippen molar-refractivity contribution in [3.8, 4) is 5.75 Å². The Morgan fingerprint density at radius 2 is 1.71 bits per heavy atom. The van der Waals surface area contributed by atoms with Gasteiger partial charge in [-0.25, -0.2) is 0 Å². The Labute approximate surface area is 91.9 Å². The van der Waals surface area contributed by atoms with Crippen LogP contribution in [0.2, 0.25) is 0 Å². The molecule has 0 aliphatic carbocycles. The van der Waals surface area contributed by atoms with Gasteiger partial charge in [0, 0.05) is 4.75 Å². The quantitative estimate of drug-likeness (QED) is 0.735. The van der Waals surface area contributed by atoms with Crippen LogP contribution in [0.25, 0.3) is 0 Å². The molecule has 0 radical (unpaired) electrons. The zero-order chi connectivity index (χ0) is 10.9. The lowest BCUT2D eigenvalue weighted by Crippen LogP contribution is -2.11. The number of thiol groups is 1. The Hall–Kier alpha value is -0.630. The summed E-state index contributed by atoms with van der Waals surface area (Å²) >= 11 is 4.58. The molecule has 14 heavy (non-hydrogen) atoms. The third-order valence-electron chi connectivity index (χ3n) is 2.62. The largest absolute Gasteiger partial charge is 0.496 e. The zero-order valence-corrected chi connectivity index (χ0v) is 10.4. The number of benzene rings is 1. The van der Waals surface area contributed by atoms with Gasteiger partial charge in [0.2, 0.25) is 0 Å². The van der Waals surface area contributed by atoms with Crippen LogP contribution in [0.15, 0.2) is 12.1 Å². The first kappa shape index (κ1) is 11.4. The molecule has 0 aromatic heterocycles. The number of ether oxygens (including phenoxy) is 1. The Morgan fingerprint density at radius 3 is 2.14 bits per heavy atom. The summed E-state index contributed by atoms with van der Waals surface area (Å²) in [4.78, 5) is 0. The minimum atomic E-state index is -0.0961. The first-order chi connectivity index (χ1) is 6.38. The van der Waals surface area contributed by atoms with E-state index >= 15 is 0 Å². The van der Waals surface area contributed by atoms with Gasteiger partial charge in [0.05, 0.1) is 7.11 Å². The molecule has 78 valence electrons. The molecule has 1 rings (SSSR count). The third kappa shape index (κ3) is 2.06. The van der Waals surface area contributed by atoms with E-state index in [2.05, 4.69) is 46.4 Å². The van der Waals surface area contributed by atoms with E-state index in [4.69, 9.17) is 4.74 Å². The van der Waals surface area contributed by atoms with E-state index in [1.807, 2.05) is 6.07 Å². The molecule has 0 aliphatic heterocycles. The molecule has 0 bridgehead atoms. The normalized spacial score (nSPS) is 11.6. The van der Waals surface area contributed by atoms with Crippen LogP contribution >= 0.6 is 12.6 Å². The highest BCUT2D eigenvalue weighted by Crippen LogP contribution is 2.34. The minimum absolute atomic E-state index is 0.0961. The van der Waals surface area contributed by atoms with E-state index < -0.39 is 0 Å². The smallest absolute Gasteiger partial charge is 0.122 e. The Kier molecular flexibility index (Phi) is 3.15. The fourth-order valence-corrected chi connectivity index (χ4v) is 1.92. The number of hydrogen-bond acceptors (Lipinski definition) is 2. The van der Waals surface area contributed by atoms with Crippen LogP contribution in [0.1, 0.15) is 30.5 Å². The molecule has 0 saturated carbocycles. The van der Waals surface area contributed by atoms with Gasteiger partial charge in [-0.15, -0.1) is 0 Å². The first-order valence-corrected chi connectivity index (χ1v) is 5.19. The van der Waals surface area contributed by atoms with Gasteiger partial charge in [0.15, 0.2) is 0 Å². The highest BCUT2D eigenvalue weighted by atomic mass is 32.1. The van der Waals surface area contributed by atoms with Gasteiger partial charge in [0.1, 0.15) is 5.75 Å². The van der Waals surface area contributed by atoms with Gasteiger partial charge < -0.3 is 4.74 Å². The van der Waals surface area contributed by atoms with Crippen LogP contribution in [0.3, 0.4) is 0 Å². The average molecular weight is 210 g/mol. The molecule has 0 heterocycles. The molecule has 0 saturated heterocycles. The minimum Gasteiger partial charge on any atom is -0.496 e. The fraction of sp³-hybridized carbons (Fsp3) is 0.500. The standard InChI is InChI=1S/C12H18OS/c1-8-9(2)11(13-5)7-6-10(8)12(3,4)14/h6-7,14H,1-5H3. The van der Waals surface area contributed by atoms with Crippen molar-refractivity contribution < 1.29 is 4.74 Å². The van der Waals surface area contributed by atoms with Gasteiger partial charge in [-0.05, 0) is 50.5 Å². The van der Waals surface area contributed by atoms with Crippen molar-refractivity contribution in [2.45, 2.75) is 32.4 Å². The molecule has 1 nitrogen and oxygen atoms in total. The summed E-state index contributed by atoms with van der Waals surface area (Å²) in [6.07, 6.45) is 0. The van der Waals surface area contributed by atoms with Gasteiger partial charge >= 0.3 is 0 Å². The summed E-state index contributed by atoms with van der Waals surface area (Å²) in [7, 11) is 1.70. The topological polar surface area (TPSA) is 9.23 Å². The lowest BCUT2D eigenvalue weighted by molar-refractivity contribution is 0.411. The second-order valence-corrected chi connectivity index (χ2v) is 5.24. The molecule has 1 aromatic rings. The van der Waals surface area contributed by atoms with Gasteiger partial charge in [0.25, 0.3) is 0 Å². The molecule has 1 aromatic carbocycles. The van der Waals surface area contributed by atoms with E-state index in [1.54, 1.807) is 7.11 Å². The van der Waals surface area contributed by atoms with Crippen LogP contribution in [-0.4, -0.2) is 7.11 Å². The Balaban J connectivity index is 3.31. The van der Waals surface area contributed by atoms with Crippen molar-refractivity contribution in [3.63, 3.8) is 0 Å². The van der Waals surface area contributed by atoms with E-state index in [0.29, 0.717) is 0 Å². The van der Waals surface area contributed by atoms with Crippen molar-refractivity contribution in [1.82, 2.24) is 0 Å². The maximum atomic E-state index is 5.27. The van der Waals surface area contributed by atoms with Crippen molar-refractivity contribution in [2.75, 3.05) is 7.11 Å². The first-order valence-electron chi connectivity index (χ1n) is 4.75. The summed E-state index contributed by atoms with van der Waals surface area (Å²) in [5, 5.41) is 0. The fourth-order valence-electron chi connectivity index (χ4n) is 1.68. The zero-order valence-electron chi connectivity index (χ0n) is 9.51. The third-order valence-corrected chi connectivity index (χ3v) is 2.86. The van der Waals surface area contributed by atoms with Crippen LogP contribution < -0.4 is 4.74 Å². The van der Waals surface area contributed by atoms with Crippen molar-refractivity contribution >= 4 is 12.6 Å². The summed E-state index contributed by atoms with van der Waals surface area (Å²) in [6.45, 7) is 8.40. The number of rotatable bonds is 2. The summed E-state index contributed by atoms with van der Waals surface area (Å²) < 4.78 is 5.17. The van der Waals surface area contributed by atoms with Gasteiger partial charge in [-0.1, -0.05) is 6.07 Å². The molecule has 2 heteroatoms. The molecule has 0 unspecified atom stereocenters. The van der Waals surface area contributed by atoms with Gasteiger partial charge in [-0.3, -0.25) is 0 Å². The SMILES string of the molecule is COc1ccc(C(C)(C)S)c(C)c1C. The van der Waals surface area contributed by atoms with E-state index in [1.165, 1.54) is 16.7 Å². The Morgan fingerprint density at radius 1 is 1.14 bits per heavy atom. The van der Waals surface area contributed by atoms with Crippen molar-refractivity contribution in [3.05, 3.63) is 28.8 Å². The van der Waals surface area contributed by atoms with Crippen molar-refractivity contribution in [2.24, 2.45) is 0 Å². The summed E-state index contributed by atoms with van der Waals surface area (Å²) in [6, 6.07) is 4.10. The average Bonchev–Trinajstić information content (AvgIpc) is 2.07. The molecule has 0 spiro atoms. The maximum Gasteiger partial charge on any atom is 0.122 e. The summed E-state index contributed by atoms with van der Waals surface area (Å²) in [5.74, 6) is 0.948. The molecule has 0 amide bonds. The summed E-state index contributed by atoms with van der Waals surface area (Å²) in [5.41, 5.74) is 3.73. The van der Waals surface area contributed by atoms with Crippen LogP contribution in [0.4, 0.5) is 0 Å². The lowest BCUT2D eigenvalue weighted by Gasteiger charge is -2.22. The molecule has 0 aliphatic rings. The predicted molar refractivity (Wildman–Crippen MR) is 64.5 cm³/mol. The van der Waals surface area contributed by atoms with Crippen LogP contribution in [0, 0.1) is 13.8 Å². The van der Waals surface area contributed by atoms with Crippen LogP contribution in [0.5, 0.6) is 5.75 Å². The van der Waals surface area contributed by atoms with E-state index in [-0.39, 0.29) is 4.75 Å². The van der Waals surface area contributed by atoms with E-state index in [9.17, 15) is 0 Å². The molecule has 0 N–H and O–H groups in total. The molecule has 0 atom stereocenters. The second-order valence-electron chi connectivity index (χ2n) is 4.12. The lowest BCUT2D eigenvalue weighted by atomic mass is 9.93. The predicted octanol–water partition coefficient (Wildman–Crippen LogP) is 3.48. The van der Waals surface area contributed by atoms with Crippen LogP contribution in [-0.2, 0) is 4.75 Å². The number of methoxy groups -OCH3 is 1. The second kappa shape index (κ2) is 3.85.